The molecule has 0 bridgehead atoms. The molecule has 0 aliphatic rings. The molecule has 0 aliphatic heterocycles. The molecular weight excluding hydrogens is 368 g/mol. The molecule has 6 N–H and O–H groups in total. The number of rotatable bonds is 5. The largest absolute Gasteiger partial charge is 0.398 e. The number of aromatic nitrogens is 2. The molecule has 0 spiro atoms. The molecule has 0 saturated carbocycles. The van der Waals surface area contributed by atoms with Gasteiger partial charge < -0.3 is 21.7 Å². The Kier molecular flexibility index (Phi) is 4.84. The van der Waals surface area contributed by atoms with Crippen LogP contribution in [0.15, 0.2) is 54.6 Å². The van der Waals surface area contributed by atoms with E-state index in [9.17, 15) is 15.0 Å². The summed E-state index contributed by atoms with van der Waals surface area (Å²) in [5.41, 5.74) is 13.7. The molecule has 0 aliphatic carbocycles. The fourth-order valence-electron chi connectivity index (χ4n) is 3.48. The Hall–Kier alpha value is -3.55. The number of hydrogen-bond acceptors (Lipinski definition) is 6. The number of nitrogen functional groups attached to an aromatic ring is 1. The summed E-state index contributed by atoms with van der Waals surface area (Å²) in [5.74, 6) is -0.961. The van der Waals surface area contributed by atoms with Gasteiger partial charge in [0.1, 0.15) is 0 Å². The first kappa shape index (κ1) is 18.8. The van der Waals surface area contributed by atoms with Gasteiger partial charge in [0, 0.05) is 22.6 Å². The number of fused-ring (bicyclic) bond motifs is 2. The lowest BCUT2D eigenvalue weighted by Crippen LogP contribution is -2.16. The topological polar surface area (TPSA) is 135 Å². The van der Waals surface area contributed by atoms with E-state index in [0.717, 1.165) is 16.3 Å². The number of nitrogens with zero attached hydrogens (tertiary/aromatic N) is 2. The molecule has 4 aromatic rings. The van der Waals surface area contributed by atoms with Gasteiger partial charge in [0.15, 0.2) is 5.82 Å². The molecule has 1 heterocycles. The van der Waals surface area contributed by atoms with E-state index in [1.54, 1.807) is 6.07 Å². The van der Waals surface area contributed by atoms with Crippen molar-refractivity contribution in [3.63, 3.8) is 0 Å². The van der Waals surface area contributed by atoms with Crippen LogP contribution in [0.4, 0.5) is 5.69 Å². The van der Waals surface area contributed by atoms with Gasteiger partial charge in [-0.1, -0.05) is 36.4 Å². The average Bonchev–Trinajstić information content (AvgIpc) is 2.74. The summed E-state index contributed by atoms with van der Waals surface area (Å²) >= 11 is 0. The molecule has 0 fully saturated rings. The van der Waals surface area contributed by atoms with Crippen LogP contribution in [0, 0.1) is 0 Å². The zero-order valence-corrected chi connectivity index (χ0v) is 15.5. The van der Waals surface area contributed by atoms with E-state index in [-0.39, 0.29) is 18.8 Å². The minimum absolute atomic E-state index is 0.203. The summed E-state index contributed by atoms with van der Waals surface area (Å²) in [7, 11) is 0. The lowest BCUT2D eigenvalue weighted by Gasteiger charge is -2.17. The van der Waals surface area contributed by atoms with Crippen LogP contribution in [0.2, 0.25) is 0 Å². The van der Waals surface area contributed by atoms with E-state index >= 15 is 0 Å². The second-order valence-corrected chi connectivity index (χ2v) is 6.85. The van der Waals surface area contributed by atoms with Crippen molar-refractivity contribution in [3.8, 4) is 11.4 Å². The van der Waals surface area contributed by atoms with Gasteiger partial charge in [-0.2, -0.15) is 0 Å². The van der Waals surface area contributed by atoms with E-state index in [1.807, 2.05) is 42.5 Å². The lowest BCUT2D eigenvalue weighted by atomic mass is 9.98. The Morgan fingerprint density at radius 1 is 0.966 bits per heavy atom. The minimum Gasteiger partial charge on any atom is -0.398 e. The van der Waals surface area contributed by atoms with Gasteiger partial charge in [-0.25, -0.2) is 9.97 Å². The fourth-order valence-corrected chi connectivity index (χ4v) is 3.48. The molecule has 146 valence electrons. The molecule has 1 amide bonds. The number of carbonyl (C=O) groups is 1. The van der Waals surface area contributed by atoms with Crippen molar-refractivity contribution >= 4 is 33.3 Å². The second-order valence-electron chi connectivity index (χ2n) is 6.85. The van der Waals surface area contributed by atoms with Crippen LogP contribution in [0.3, 0.4) is 0 Å². The third kappa shape index (κ3) is 3.26. The molecule has 0 atom stereocenters. The molecule has 1 aromatic heterocycles. The molecular formula is C22H20N4O3. The highest BCUT2D eigenvalue weighted by Gasteiger charge is 2.22. The molecule has 0 unspecified atom stereocenters. The predicted octanol–water partition coefficient (Wildman–Crippen LogP) is 2.20. The highest BCUT2D eigenvalue weighted by molar-refractivity contribution is 6.09. The first-order chi connectivity index (χ1) is 14.0. The molecule has 7 heteroatoms. The van der Waals surface area contributed by atoms with E-state index in [4.69, 9.17) is 11.5 Å². The van der Waals surface area contributed by atoms with Crippen LogP contribution >= 0.6 is 0 Å². The number of aliphatic hydroxyl groups excluding tert-OH is 2. The molecule has 0 saturated heterocycles. The highest BCUT2D eigenvalue weighted by Crippen LogP contribution is 2.33. The standard InChI is InChI=1S/C22H20N4O3/c23-17-8-7-16(21(24)29)20-18(17)19(15(10-27)11-28)25-22(26-20)14-6-5-12-3-1-2-4-13(12)9-14/h1-9,15,27-28H,10-11,23H2,(H2,24,29). The van der Waals surface area contributed by atoms with Gasteiger partial charge in [0.25, 0.3) is 5.91 Å². The number of aliphatic hydroxyl groups is 2. The number of primary amides is 1. The lowest BCUT2D eigenvalue weighted by molar-refractivity contribution is 0.100. The number of amides is 1. The third-order valence-corrected chi connectivity index (χ3v) is 5.01. The maximum absolute atomic E-state index is 12.0. The van der Waals surface area contributed by atoms with Crippen molar-refractivity contribution in [1.82, 2.24) is 9.97 Å². The number of carbonyl (C=O) groups excluding carboxylic acids is 1. The average molecular weight is 388 g/mol. The summed E-state index contributed by atoms with van der Waals surface area (Å²) in [5, 5.41) is 22.0. The summed E-state index contributed by atoms with van der Waals surface area (Å²) in [6.07, 6.45) is 0. The first-order valence-corrected chi connectivity index (χ1v) is 9.14. The van der Waals surface area contributed by atoms with E-state index in [1.165, 1.54) is 6.07 Å². The van der Waals surface area contributed by atoms with Gasteiger partial charge in [-0.15, -0.1) is 0 Å². The Morgan fingerprint density at radius 2 is 1.69 bits per heavy atom. The maximum Gasteiger partial charge on any atom is 0.250 e. The number of benzene rings is 3. The van der Waals surface area contributed by atoms with Gasteiger partial charge >= 0.3 is 0 Å². The fraction of sp³-hybridized carbons (Fsp3) is 0.136. The van der Waals surface area contributed by atoms with Gasteiger partial charge in [0.2, 0.25) is 0 Å². The maximum atomic E-state index is 12.0. The second kappa shape index (κ2) is 7.46. The van der Waals surface area contributed by atoms with Crippen LogP contribution in [-0.4, -0.2) is 39.3 Å². The Morgan fingerprint density at radius 3 is 2.38 bits per heavy atom. The normalized spacial score (nSPS) is 11.4. The zero-order valence-electron chi connectivity index (χ0n) is 15.5. The minimum atomic E-state index is -0.676. The van der Waals surface area contributed by atoms with Crippen LogP contribution in [0.1, 0.15) is 22.0 Å². The summed E-state index contributed by atoms with van der Waals surface area (Å²) < 4.78 is 0. The van der Waals surface area contributed by atoms with Crippen LogP contribution in [-0.2, 0) is 0 Å². The molecule has 4 rings (SSSR count). The van der Waals surface area contributed by atoms with Crippen molar-refractivity contribution in [3.05, 3.63) is 65.9 Å². The van der Waals surface area contributed by atoms with Gasteiger partial charge in [-0.05, 0) is 29.0 Å². The Bertz CT molecular complexity index is 1240. The molecule has 0 radical (unpaired) electrons. The smallest absolute Gasteiger partial charge is 0.250 e. The van der Waals surface area contributed by atoms with Crippen molar-refractivity contribution in [2.24, 2.45) is 5.73 Å². The van der Waals surface area contributed by atoms with Crippen LogP contribution in [0.25, 0.3) is 33.1 Å². The monoisotopic (exact) mass is 388 g/mol. The summed E-state index contributed by atoms with van der Waals surface area (Å²) in [6, 6.07) is 16.8. The van der Waals surface area contributed by atoms with Crippen molar-refractivity contribution in [1.29, 1.82) is 0 Å². The number of anilines is 1. The third-order valence-electron chi connectivity index (χ3n) is 5.01. The zero-order chi connectivity index (χ0) is 20.5. The number of hydrogen-bond donors (Lipinski definition) is 4. The number of nitrogens with two attached hydrogens (primary N) is 2. The highest BCUT2D eigenvalue weighted by atomic mass is 16.3. The van der Waals surface area contributed by atoms with Gasteiger partial charge in [0.05, 0.1) is 30.0 Å². The van der Waals surface area contributed by atoms with Crippen molar-refractivity contribution < 1.29 is 15.0 Å². The first-order valence-electron chi connectivity index (χ1n) is 9.14. The summed E-state index contributed by atoms with van der Waals surface area (Å²) in [6.45, 7) is -0.667. The molecule has 3 aromatic carbocycles. The molecule has 29 heavy (non-hydrogen) atoms. The van der Waals surface area contributed by atoms with Crippen molar-refractivity contribution in [2.45, 2.75) is 5.92 Å². The quantitative estimate of drug-likeness (QED) is 0.387. The predicted molar refractivity (Wildman–Crippen MR) is 112 cm³/mol. The van der Waals surface area contributed by atoms with Crippen LogP contribution < -0.4 is 11.5 Å². The Balaban J connectivity index is 2.06. The van der Waals surface area contributed by atoms with E-state index < -0.39 is 11.8 Å². The van der Waals surface area contributed by atoms with Gasteiger partial charge in [-0.3, -0.25) is 4.79 Å². The van der Waals surface area contributed by atoms with Crippen LogP contribution in [0.5, 0.6) is 0 Å². The molecule has 7 nitrogen and oxygen atoms in total. The summed E-state index contributed by atoms with van der Waals surface area (Å²) in [4.78, 5) is 21.2. The van der Waals surface area contributed by atoms with E-state index in [2.05, 4.69) is 9.97 Å². The SMILES string of the molecule is NC(=O)c1ccc(N)c2c(C(CO)CO)nc(-c3ccc4ccccc4c3)nc12. The Labute approximate surface area is 166 Å². The van der Waals surface area contributed by atoms with E-state index in [0.29, 0.717) is 28.1 Å². The van der Waals surface area contributed by atoms with Crippen molar-refractivity contribution in [2.75, 3.05) is 18.9 Å².